The molecule has 2 N–H and O–H groups in total. The van der Waals surface area contributed by atoms with Crippen molar-refractivity contribution in [2.45, 2.75) is 28.0 Å². The molecule has 1 aliphatic rings. The minimum atomic E-state index is -0.276. The lowest BCUT2D eigenvalue weighted by Crippen LogP contribution is -2.33. The van der Waals surface area contributed by atoms with E-state index in [0.717, 1.165) is 0 Å². The summed E-state index contributed by atoms with van der Waals surface area (Å²) in [4.78, 5) is 2.46. The Balaban J connectivity index is 2.25. The summed E-state index contributed by atoms with van der Waals surface area (Å²) in [5, 5.41) is 19.1. The maximum Gasteiger partial charge on any atom is 0.0442 e. The molecule has 0 fully saturated rings. The van der Waals surface area contributed by atoms with Crippen LogP contribution in [0.4, 0.5) is 0 Å². The van der Waals surface area contributed by atoms with Crippen molar-refractivity contribution in [3.05, 3.63) is 59.7 Å². The Bertz CT molecular complexity index is 556. The topological polar surface area (TPSA) is 40.5 Å². The highest BCUT2D eigenvalue weighted by molar-refractivity contribution is 7.99. The van der Waals surface area contributed by atoms with E-state index >= 15 is 0 Å². The number of benzene rings is 2. The molecule has 0 saturated heterocycles. The van der Waals surface area contributed by atoms with Crippen molar-refractivity contribution in [2.75, 3.05) is 13.2 Å². The van der Waals surface area contributed by atoms with Gasteiger partial charge in [0, 0.05) is 28.4 Å². The van der Waals surface area contributed by atoms with Crippen molar-refractivity contribution < 1.29 is 10.2 Å². The van der Waals surface area contributed by atoms with Crippen LogP contribution in [0.3, 0.4) is 0 Å². The highest BCUT2D eigenvalue weighted by Gasteiger charge is 2.39. The van der Waals surface area contributed by atoms with Crippen LogP contribution in [0, 0.1) is 0 Å². The van der Waals surface area contributed by atoms with Gasteiger partial charge in [0.05, 0.1) is 0 Å². The fourth-order valence-corrected chi connectivity index (χ4v) is 4.49. The monoisotopic (exact) mass is 286 g/mol. The number of hydrogen-bond acceptors (Lipinski definition) is 3. The Hall–Kier alpha value is -1.29. The SMILES string of the molecule is OCCC1(CCO)c2ccccc2Sc2ccccc21. The largest absolute Gasteiger partial charge is 0.396 e. The summed E-state index contributed by atoms with van der Waals surface area (Å²) in [7, 11) is 0. The molecule has 0 radical (unpaired) electrons. The van der Waals surface area contributed by atoms with E-state index in [1.54, 1.807) is 11.8 Å². The second-order valence-corrected chi connectivity index (χ2v) is 6.21. The number of hydrogen-bond donors (Lipinski definition) is 2. The molecule has 0 bridgehead atoms. The lowest BCUT2D eigenvalue weighted by Gasteiger charge is -2.40. The van der Waals surface area contributed by atoms with E-state index in [0.29, 0.717) is 12.8 Å². The van der Waals surface area contributed by atoms with Gasteiger partial charge in [-0.1, -0.05) is 48.2 Å². The van der Waals surface area contributed by atoms with Crippen molar-refractivity contribution >= 4 is 11.8 Å². The predicted molar refractivity (Wildman–Crippen MR) is 81.2 cm³/mol. The van der Waals surface area contributed by atoms with Gasteiger partial charge in [-0.05, 0) is 36.1 Å². The normalized spacial score (nSPS) is 15.5. The third-order valence-corrected chi connectivity index (χ3v) is 5.25. The van der Waals surface area contributed by atoms with E-state index in [-0.39, 0.29) is 18.6 Å². The van der Waals surface area contributed by atoms with E-state index < -0.39 is 0 Å². The zero-order valence-corrected chi connectivity index (χ0v) is 12.1. The van der Waals surface area contributed by atoms with Crippen LogP contribution in [-0.4, -0.2) is 23.4 Å². The maximum atomic E-state index is 9.57. The molecule has 0 unspecified atom stereocenters. The molecule has 0 saturated carbocycles. The second-order valence-electron chi connectivity index (χ2n) is 5.12. The Morgan fingerprint density at radius 3 is 1.65 bits per heavy atom. The summed E-state index contributed by atoms with van der Waals surface area (Å²) >= 11 is 1.77. The van der Waals surface area contributed by atoms with Crippen LogP contribution >= 0.6 is 11.8 Å². The van der Waals surface area contributed by atoms with E-state index in [1.807, 2.05) is 24.3 Å². The summed E-state index contributed by atoms with van der Waals surface area (Å²) < 4.78 is 0. The van der Waals surface area contributed by atoms with Crippen LogP contribution in [0.15, 0.2) is 58.3 Å². The third kappa shape index (κ3) is 2.06. The fourth-order valence-electron chi connectivity index (χ4n) is 3.21. The molecule has 1 heterocycles. The van der Waals surface area contributed by atoms with Gasteiger partial charge in [-0.25, -0.2) is 0 Å². The molecule has 104 valence electrons. The molecular formula is C17H18O2S. The van der Waals surface area contributed by atoms with Gasteiger partial charge in [-0.15, -0.1) is 0 Å². The van der Waals surface area contributed by atoms with Crippen molar-refractivity contribution in [1.29, 1.82) is 0 Å². The first-order valence-corrected chi connectivity index (χ1v) is 7.72. The van der Waals surface area contributed by atoms with Gasteiger partial charge in [-0.2, -0.15) is 0 Å². The summed E-state index contributed by atoms with van der Waals surface area (Å²) in [5.74, 6) is 0. The van der Waals surface area contributed by atoms with Crippen molar-refractivity contribution in [2.24, 2.45) is 0 Å². The molecule has 2 nitrogen and oxygen atoms in total. The average molecular weight is 286 g/mol. The molecular weight excluding hydrogens is 268 g/mol. The molecule has 1 aliphatic heterocycles. The Morgan fingerprint density at radius 2 is 1.20 bits per heavy atom. The molecule has 0 aliphatic carbocycles. The first-order valence-electron chi connectivity index (χ1n) is 6.90. The highest BCUT2D eigenvalue weighted by atomic mass is 32.2. The summed E-state index contributed by atoms with van der Waals surface area (Å²) in [6.45, 7) is 0.237. The molecule has 2 aromatic rings. The molecule has 0 aromatic heterocycles. The van der Waals surface area contributed by atoms with Crippen LogP contribution in [0.5, 0.6) is 0 Å². The van der Waals surface area contributed by atoms with Crippen molar-refractivity contribution in [3.8, 4) is 0 Å². The predicted octanol–water partition coefficient (Wildman–Crippen LogP) is 3.20. The van der Waals surface area contributed by atoms with E-state index in [2.05, 4.69) is 24.3 Å². The summed E-state index contributed by atoms with van der Waals surface area (Å²) in [5.41, 5.74) is 2.18. The van der Waals surface area contributed by atoms with Gasteiger partial charge < -0.3 is 10.2 Å². The third-order valence-electron chi connectivity index (χ3n) is 4.10. The average Bonchev–Trinajstić information content (AvgIpc) is 2.48. The van der Waals surface area contributed by atoms with Crippen LogP contribution in [0.1, 0.15) is 24.0 Å². The molecule has 0 spiro atoms. The zero-order chi connectivity index (χ0) is 14.0. The summed E-state index contributed by atoms with van der Waals surface area (Å²) in [6, 6.07) is 16.7. The van der Waals surface area contributed by atoms with Gasteiger partial charge in [0.2, 0.25) is 0 Å². The number of aliphatic hydroxyl groups excluding tert-OH is 2. The molecule has 20 heavy (non-hydrogen) atoms. The van der Waals surface area contributed by atoms with Crippen LogP contribution < -0.4 is 0 Å². The smallest absolute Gasteiger partial charge is 0.0442 e. The number of fused-ring (bicyclic) bond motifs is 2. The number of aliphatic hydroxyl groups is 2. The quantitative estimate of drug-likeness (QED) is 0.907. The first kappa shape index (κ1) is 13.7. The molecule has 3 heteroatoms. The molecule has 0 atom stereocenters. The van der Waals surface area contributed by atoms with E-state index in [1.165, 1.54) is 20.9 Å². The van der Waals surface area contributed by atoms with Gasteiger partial charge in [-0.3, -0.25) is 0 Å². The van der Waals surface area contributed by atoms with Gasteiger partial charge >= 0.3 is 0 Å². The zero-order valence-electron chi connectivity index (χ0n) is 11.2. The van der Waals surface area contributed by atoms with Gasteiger partial charge in [0.1, 0.15) is 0 Å². The fraction of sp³-hybridized carbons (Fsp3) is 0.294. The Kier molecular flexibility index (Phi) is 3.83. The van der Waals surface area contributed by atoms with Gasteiger partial charge in [0.15, 0.2) is 0 Å². The summed E-state index contributed by atoms with van der Waals surface area (Å²) in [6.07, 6.45) is 1.28. The maximum absolute atomic E-state index is 9.57. The van der Waals surface area contributed by atoms with Crippen molar-refractivity contribution in [3.63, 3.8) is 0 Å². The molecule has 0 amide bonds. The number of rotatable bonds is 4. The minimum Gasteiger partial charge on any atom is -0.396 e. The van der Waals surface area contributed by atoms with Crippen molar-refractivity contribution in [1.82, 2.24) is 0 Å². The lowest BCUT2D eigenvalue weighted by atomic mass is 9.69. The van der Waals surface area contributed by atoms with Gasteiger partial charge in [0.25, 0.3) is 0 Å². The second kappa shape index (κ2) is 5.60. The first-order chi connectivity index (χ1) is 9.81. The highest BCUT2D eigenvalue weighted by Crippen LogP contribution is 2.52. The van der Waals surface area contributed by atoms with Crippen LogP contribution in [-0.2, 0) is 5.41 Å². The van der Waals surface area contributed by atoms with Crippen LogP contribution in [0.25, 0.3) is 0 Å². The molecule has 3 rings (SSSR count). The Morgan fingerprint density at radius 1 is 0.750 bits per heavy atom. The minimum absolute atomic E-state index is 0.118. The van der Waals surface area contributed by atoms with E-state index in [4.69, 9.17) is 0 Å². The molecule has 2 aromatic carbocycles. The Labute approximate surface area is 123 Å². The standard InChI is InChI=1S/C17H18O2S/c18-11-9-17(10-12-19)13-5-1-3-7-15(13)20-16-8-4-2-6-14(16)17/h1-8,18-19H,9-12H2. The van der Waals surface area contributed by atoms with Crippen LogP contribution in [0.2, 0.25) is 0 Å². The lowest BCUT2D eigenvalue weighted by molar-refractivity contribution is 0.207. The van der Waals surface area contributed by atoms with E-state index in [9.17, 15) is 10.2 Å².